The minimum absolute atomic E-state index is 0.128. The number of nitrogens with zero attached hydrogens (tertiary/aromatic N) is 4. The summed E-state index contributed by atoms with van der Waals surface area (Å²) in [5.41, 5.74) is 0.889. The summed E-state index contributed by atoms with van der Waals surface area (Å²) < 4.78 is 2.57. The molecule has 1 aliphatic carbocycles. The van der Waals surface area contributed by atoms with Gasteiger partial charge < -0.3 is 0 Å². The molecule has 0 aliphatic heterocycles. The first-order valence-corrected chi connectivity index (χ1v) is 9.54. The number of hydrogen-bond acceptors (Lipinski definition) is 5. The van der Waals surface area contributed by atoms with Crippen LogP contribution in [-0.4, -0.2) is 19.1 Å². The van der Waals surface area contributed by atoms with Gasteiger partial charge in [0.1, 0.15) is 16.2 Å². The monoisotopic (exact) mass is 368 g/mol. The molecule has 0 spiro atoms. The summed E-state index contributed by atoms with van der Waals surface area (Å²) in [6.07, 6.45) is 2.12. The van der Waals surface area contributed by atoms with Crippen LogP contribution in [0.4, 0.5) is 0 Å². The Morgan fingerprint density at radius 3 is 2.42 bits per heavy atom. The fourth-order valence-electron chi connectivity index (χ4n) is 3.01. The molecule has 0 radical (unpaired) electrons. The highest BCUT2D eigenvalue weighted by molar-refractivity contribution is 7.99. The number of benzene rings is 1. The molecule has 3 aromatic rings. The van der Waals surface area contributed by atoms with Gasteiger partial charge in [0.25, 0.3) is 5.56 Å². The highest BCUT2D eigenvalue weighted by atomic mass is 32.2. The standard InChI is InChI=1S/C19H20N4O2S/c1-11(12-7-5-4-6-8-12)26-17-14-16(20-15(21-17)13-9-10-13)22(2)19(25)23(3)18(14)24/h4-8,11,13H,9-10H2,1-3H3/t11-/m0/s1. The van der Waals surface area contributed by atoms with Crippen molar-refractivity contribution < 1.29 is 0 Å². The quantitative estimate of drug-likeness (QED) is 0.523. The van der Waals surface area contributed by atoms with Crippen molar-refractivity contribution in [3.05, 3.63) is 62.6 Å². The van der Waals surface area contributed by atoms with Gasteiger partial charge in [0, 0.05) is 25.3 Å². The lowest BCUT2D eigenvalue weighted by atomic mass is 10.2. The highest BCUT2D eigenvalue weighted by Crippen LogP contribution is 2.41. The van der Waals surface area contributed by atoms with E-state index in [4.69, 9.17) is 4.98 Å². The normalized spacial score (nSPS) is 15.3. The van der Waals surface area contributed by atoms with Crippen LogP contribution < -0.4 is 11.2 Å². The average molecular weight is 368 g/mol. The van der Waals surface area contributed by atoms with E-state index < -0.39 is 0 Å². The third-order valence-corrected chi connectivity index (χ3v) is 5.93. The number of aryl methyl sites for hydroxylation is 1. The number of aromatic nitrogens is 4. The molecule has 0 amide bonds. The van der Waals surface area contributed by atoms with Crippen LogP contribution in [0.2, 0.25) is 0 Å². The molecule has 1 saturated carbocycles. The molecule has 1 aliphatic rings. The van der Waals surface area contributed by atoms with E-state index in [1.807, 2.05) is 18.2 Å². The van der Waals surface area contributed by atoms with Crippen LogP contribution in [-0.2, 0) is 14.1 Å². The Morgan fingerprint density at radius 1 is 1.08 bits per heavy atom. The van der Waals surface area contributed by atoms with Gasteiger partial charge in [-0.25, -0.2) is 14.8 Å². The Kier molecular flexibility index (Phi) is 4.19. The summed E-state index contributed by atoms with van der Waals surface area (Å²) in [5, 5.41) is 1.21. The van der Waals surface area contributed by atoms with Crippen molar-refractivity contribution >= 4 is 22.8 Å². The first-order valence-electron chi connectivity index (χ1n) is 8.66. The SMILES string of the molecule is C[C@H](Sc1nc(C2CC2)nc2c1c(=O)n(C)c(=O)n2C)c1ccccc1. The van der Waals surface area contributed by atoms with Crippen molar-refractivity contribution in [3.8, 4) is 0 Å². The number of fused-ring (bicyclic) bond motifs is 1. The van der Waals surface area contributed by atoms with E-state index in [0.29, 0.717) is 22.0 Å². The van der Waals surface area contributed by atoms with Crippen molar-refractivity contribution in [1.29, 1.82) is 0 Å². The van der Waals surface area contributed by atoms with Gasteiger partial charge in [0.15, 0.2) is 5.65 Å². The summed E-state index contributed by atoms with van der Waals surface area (Å²) in [7, 11) is 3.15. The number of hydrogen-bond donors (Lipinski definition) is 0. The minimum Gasteiger partial charge on any atom is -0.280 e. The molecule has 4 rings (SSSR count). The minimum atomic E-state index is -0.366. The van der Waals surface area contributed by atoms with Crippen LogP contribution in [0.3, 0.4) is 0 Å². The Morgan fingerprint density at radius 2 is 1.77 bits per heavy atom. The lowest BCUT2D eigenvalue weighted by molar-refractivity contribution is 0.698. The Labute approximate surface area is 154 Å². The maximum atomic E-state index is 12.8. The van der Waals surface area contributed by atoms with Gasteiger partial charge in [0.05, 0.1) is 0 Å². The second-order valence-electron chi connectivity index (χ2n) is 6.74. The molecule has 26 heavy (non-hydrogen) atoms. The number of thioether (sulfide) groups is 1. The van der Waals surface area contributed by atoms with Crippen LogP contribution in [0.5, 0.6) is 0 Å². The van der Waals surface area contributed by atoms with Crippen molar-refractivity contribution in [2.24, 2.45) is 14.1 Å². The molecule has 0 N–H and O–H groups in total. The zero-order valence-electron chi connectivity index (χ0n) is 15.0. The van der Waals surface area contributed by atoms with Crippen LogP contribution in [0.25, 0.3) is 11.0 Å². The largest absolute Gasteiger partial charge is 0.332 e. The third-order valence-electron chi connectivity index (χ3n) is 4.78. The molecule has 0 bridgehead atoms. The van der Waals surface area contributed by atoms with Gasteiger partial charge in [-0.2, -0.15) is 0 Å². The molecule has 0 unspecified atom stereocenters. The van der Waals surface area contributed by atoms with Crippen molar-refractivity contribution in [1.82, 2.24) is 19.1 Å². The average Bonchev–Trinajstić information content (AvgIpc) is 3.50. The third kappa shape index (κ3) is 2.86. The van der Waals surface area contributed by atoms with E-state index in [1.54, 1.807) is 18.8 Å². The molecule has 1 fully saturated rings. The second-order valence-corrected chi connectivity index (χ2v) is 8.07. The van der Waals surface area contributed by atoms with Gasteiger partial charge >= 0.3 is 5.69 Å². The molecular formula is C19H20N4O2S. The summed E-state index contributed by atoms with van der Waals surface area (Å²) in [6.45, 7) is 2.09. The summed E-state index contributed by atoms with van der Waals surface area (Å²) >= 11 is 1.54. The maximum absolute atomic E-state index is 12.8. The van der Waals surface area contributed by atoms with Crippen LogP contribution in [0, 0.1) is 0 Å². The van der Waals surface area contributed by atoms with Crippen molar-refractivity contribution in [2.75, 3.05) is 0 Å². The summed E-state index contributed by atoms with van der Waals surface area (Å²) in [4.78, 5) is 34.4. The molecule has 6 nitrogen and oxygen atoms in total. The molecule has 134 valence electrons. The highest BCUT2D eigenvalue weighted by Gasteiger charge is 2.29. The first kappa shape index (κ1) is 17.0. The fraction of sp³-hybridized carbons (Fsp3) is 0.368. The van der Waals surface area contributed by atoms with E-state index in [0.717, 1.165) is 23.2 Å². The molecule has 7 heteroatoms. The van der Waals surface area contributed by atoms with Gasteiger partial charge in [-0.1, -0.05) is 42.1 Å². The summed E-state index contributed by atoms with van der Waals surface area (Å²) in [6, 6.07) is 10.1. The lowest BCUT2D eigenvalue weighted by Crippen LogP contribution is -2.37. The smallest absolute Gasteiger partial charge is 0.280 e. The Bertz CT molecular complexity index is 1100. The number of rotatable bonds is 4. The van der Waals surface area contributed by atoms with Crippen molar-refractivity contribution in [3.63, 3.8) is 0 Å². The van der Waals surface area contributed by atoms with E-state index in [2.05, 4.69) is 24.0 Å². The van der Waals surface area contributed by atoms with E-state index in [9.17, 15) is 9.59 Å². The Hall–Kier alpha value is -2.41. The van der Waals surface area contributed by atoms with E-state index >= 15 is 0 Å². The van der Waals surface area contributed by atoms with Gasteiger partial charge in [-0.05, 0) is 25.3 Å². The van der Waals surface area contributed by atoms with Crippen LogP contribution in [0.1, 0.15) is 42.3 Å². The predicted molar refractivity (Wildman–Crippen MR) is 103 cm³/mol. The van der Waals surface area contributed by atoms with E-state index in [1.165, 1.54) is 17.2 Å². The van der Waals surface area contributed by atoms with Gasteiger partial charge in [0.2, 0.25) is 0 Å². The van der Waals surface area contributed by atoms with E-state index in [-0.39, 0.29) is 16.5 Å². The molecule has 1 aromatic carbocycles. The second kappa shape index (κ2) is 6.39. The van der Waals surface area contributed by atoms with Crippen molar-refractivity contribution in [2.45, 2.75) is 36.0 Å². The van der Waals surface area contributed by atoms with Gasteiger partial charge in [-0.15, -0.1) is 0 Å². The Balaban J connectivity index is 1.92. The zero-order chi connectivity index (χ0) is 18.4. The van der Waals surface area contributed by atoms with Gasteiger partial charge in [-0.3, -0.25) is 13.9 Å². The summed E-state index contributed by atoms with van der Waals surface area (Å²) in [5.74, 6) is 1.08. The fourth-order valence-corrected chi connectivity index (χ4v) is 4.08. The molecular weight excluding hydrogens is 348 g/mol. The first-order chi connectivity index (χ1) is 12.5. The van der Waals surface area contributed by atoms with Crippen LogP contribution >= 0.6 is 11.8 Å². The zero-order valence-corrected chi connectivity index (χ0v) is 15.8. The van der Waals surface area contributed by atoms with Crippen LogP contribution in [0.15, 0.2) is 44.9 Å². The molecule has 1 atom stereocenters. The lowest BCUT2D eigenvalue weighted by Gasteiger charge is -2.15. The topological polar surface area (TPSA) is 69.8 Å². The maximum Gasteiger partial charge on any atom is 0.332 e. The molecule has 2 heterocycles. The molecule has 0 saturated heterocycles. The predicted octanol–water partition coefficient (Wildman–Crippen LogP) is 2.76. The molecule has 2 aromatic heterocycles.